The van der Waals surface area contributed by atoms with Crippen molar-refractivity contribution in [1.82, 2.24) is 9.80 Å². The lowest BCUT2D eigenvalue weighted by Crippen LogP contribution is -2.38. The Labute approximate surface area is 96.6 Å². The van der Waals surface area contributed by atoms with Gasteiger partial charge in [-0.05, 0) is 6.42 Å². The van der Waals surface area contributed by atoms with Crippen LogP contribution in [0.1, 0.15) is 12.8 Å². The van der Waals surface area contributed by atoms with E-state index in [0.717, 1.165) is 19.5 Å². The quantitative estimate of drug-likeness (QED) is 0.665. The second kappa shape index (κ2) is 6.46. The monoisotopic (exact) mass is 225 g/mol. The zero-order chi connectivity index (χ0) is 12.0. The maximum absolute atomic E-state index is 11.7. The van der Waals surface area contributed by atoms with E-state index in [1.54, 1.807) is 19.1 Å². The standard InChI is InChI=1S/C11H19N3O2/c1-13(6-3-5-12)11(15)9-14-7-4-10(8-14)16-2/h10H,3-4,6-9H2,1-2H3. The molecule has 0 saturated carbocycles. The van der Waals surface area contributed by atoms with Gasteiger partial charge in [0, 0.05) is 33.8 Å². The normalized spacial score (nSPS) is 20.7. The Kier molecular flexibility index (Phi) is 5.23. The highest BCUT2D eigenvalue weighted by molar-refractivity contribution is 5.78. The van der Waals surface area contributed by atoms with E-state index in [0.29, 0.717) is 19.5 Å². The molecule has 5 heteroatoms. The van der Waals surface area contributed by atoms with E-state index >= 15 is 0 Å². The van der Waals surface area contributed by atoms with Crippen LogP contribution in [0.3, 0.4) is 0 Å². The molecular weight excluding hydrogens is 206 g/mol. The minimum absolute atomic E-state index is 0.0759. The first kappa shape index (κ1) is 12.9. The fourth-order valence-corrected chi connectivity index (χ4v) is 1.79. The summed E-state index contributed by atoms with van der Waals surface area (Å²) in [5.74, 6) is 0.0759. The van der Waals surface area contributed by atoms with Crippen LogP contribution in [0.4, 0.5) is 0 Å². The molecule has 1 rings (SSSR count). The third kappa shape index (κ3) is 3.80. The van der Waals surface area contributed by atoms with Crippen LogP contribution in [0.2, 0.25) is 0 Å². The molecule has 5 nitrogen and oxygen atoms in total. The van der Waals surface area contributed by atoms with Gasteiger partial charge in [0.1, 0.15) is 0 Å². The molecule has 1 saturated heterocycles. The van der Waals surface area contributed by atoms with Crippen molar-refractivity contribution in [3.05, 3.63) is 0 Å². The van der Waals surface area contributed by atoms with Crippen molar-refractivity contribution < 1.29 is 9.53 Å². The molecule has 0 bridgehead atoms. The van der Waals surface area contributed by atoms with Gasteiger partial charge in [0.15, 0.2) is 0 Å². The lowest BCUT2D eigenvalue weighted by atomic mass is 10.3. The first-order valence-corrected chi connectivity index (χ1v) is 5.53. The van der Waals surface area contributed by atoms with Gasteiger partial charge in [0.05, 0.1) is 25.1 Å². The second-order valence-corrected chi connectivity index (χ2v) is 4.10. The van der Waals surface area contributed by atoms with E-state index in [1.807, 2.05) is 6.07 Å². The molecule has 0 aromatic heterocycles. The van der Waals surface area contributed by atoms with Crippen molar-refractivity contribution in [2.75, 3.05) is 40.3 Å². The number of methoxy groups -OCH3 is 1. The maximum atomic E-state index is 11.7. The molecule has 16 heavy (non-hydrogen) atoms. The summed E-state index contributed by atoms with van der Waals surface area (Å²) in [6, 6.07) is 2.04. The van der Waals surface area contributed by atoms with Gasteiger partial charge in [0.2, 0.25) is 5.91 Å². The van der Waals surface area contributed by atoms with E-state index in [4.69, 9.17) is 10.00 Å². The Balaban J connectivity index is 2.27. The number of hydrogen-bond acceptors (Lipinski definition) is 4. The highest BCUT2D eigenvalue weighted by Gasteiger charge is 2.24. The Morgan fingerprint density at radius 2 is 2.44 bits per heavy atom. The largest absolute Gasteiger partial charge is 0.380 e. The Bertz CT molecular complexity index is 275. The minimum Gasteiger partial charge on any atom is -0.380 e. The third-order valence-electron chi connectivity index (χ3n) is 2.91. The lowest BCUT2D eigenvalue weighted by Gasteiger charge is -2.20. The number of amides is 1. The van der Waals surface area contributed by atoms with Crippen molar-refractivity contribution in [3.63, 3.8) is 0 Å². The Morgan fingerprint density at radius 1 is 1.69 bits per heavy atom. The summed E-state index contributed by atoms with van der Waals surface area (Å²) in [6.45, 7) is 2.68. The van der Waals surface area contributed by atoms with Gasteiger partial charge in [-0.15, -0.1) is 0 Å². The van der Waals surface area contributed by atoms with Gasteiger partial charge in [-0.2, -0.15) is 5.26 Å². The number of nitriles is 1. The molecule has 1 heterocycles. The average molecular weight is 225 g/mol. The summed E-state index contributed by atoms with van der Waals surface area (Å²) >= 11 is 0. The van der Waals surface area contributed by atoms with Crippen LogP contribution in [0.25, 0.3) is 0 Å². The predicted octanol–water partition coefficient (Wildman–Crippen LogP) is 0.0792. The number of likely N-dealkylation sites (tertiary alicyclic amines) is 1. The number of rotatable bonds is 5. The Hall–Kier alpha value is -1.12. The van der Waals surface area contributed by atoms with Crippen LogP contribution in [0.5, 0.6) is 0 Å². The zero-order valence-corrected chi connectivity index (χ0v) is 9.98. The molecule has 90 valence electrons. The summed E-state index contributed by atoms with van der Waals surface area (Å²) in [5.41, 5.74) is 0. The van der Waals surface area contributed by atoms with E-state index in [2.05, 4.69) is 4.90 Å². The van der Waals surface area contributed by atoms with Crippen molar-refractivity contribution >= 4 is 5.91 Å². The fourth-order valence-electron chi connectivity index (χ4n) is 1.79. The Morgan fingerprint density at radius 3 is 3.00 bits per heavy atom. The summed E-state index contributed by atoms with van der Waals surface area (Å²) in [6.07, 6.45) is 1.64. The molecule has 0 N–H and O–H groups in total. The first-order chi connectivity index (χ1) is 7.67. The highest BCUT2D eigenvalue weighted by Crippen LogP contribution is 2.11. The number of ether oxygens (including phenoxy) is 1. The molecule has 1 aliphatic heterocycles. The molecule has 0 spiro atoms. The van der Waals surface area contributed by atoms with E-state index < -0.39 is 0 Å². The van der Waals surface area contributed by atoms with Crippen LogP contribution in [-0.4, -0.2) is 62.1 Å². The fraction of sp³-hybridized carbons (Fsp3) is 0.818. The summed E-state index contributed by atoms with van der Waals surface area (Å²) in [4.78, 5) is 15.4. The zero-order valence-electron chi connectivity index (χ0n) is 9.98. The molecule has 0 aromatic rings. The molecule has 0 aromatic carbocycles. The van der Waals surface area contributed by atoms with E-state index in [1.165, 1.54) is 0 Å². The van der Waals surface area contributed by atoms with Gasteiger partial charge < -0.3 is 9.64 Å². The minimum atomic E-state index is 0.0759. The van der Waals surface area contributed by atoms with Gasteiger partial charge in [-0.1, -0.05) is 0 Å². The van der Waals surface area contributed by atoms with Crippen LogP contribution >= 0.6 is 0 Å². The molecule has 1 aliphatic rings. The predicted molar refractivity (Wildman–Crippen MR) is 59.7 cm³/mol. The number of carbonyl (C=O) groups is 1. The lowest BCUT2D eigenvalue weighted by molar-refractivity contribution is -0.130. The smallest absolute Gasteiger partial charge is 0.236 e. The second-order valence-electron chi connectivity index (χ2n) is 4.10. The number of carbonyl (C=O) groups excluding carboxylic acids is 1. The molecule has 0 radical (unpaired) electrons. The molecule has 0 aliphatic carbocycles. The number of nitrogens with zero attached hydrogens (tertiary/aromatic N) is 3. The van der Waals surface area contributed by atoms with Crippen molar-refractivity contribution in [2.24, 2.45) is 0 Å². The van der Waals surface area contributed by atoms with Crippen molar-refractivity contribution in [1.29, 1.82) is 5.26 Å². The van der Waals surface area contributed by atoms with Crippen LogP contribution in [-0.2, 0) is 9.53 Å². The summed E-state index contributed by atoms with van der Waals surface area (Å²) in [5, 5.41) is 8.43. The van der Waals surface area contributed by atoms with Crippen LogP contribution in [0.15, 0.2) is 0 Å². The SMILES string of the molecule is COC1CCN(CC(=O)N(C)CCC#N)C1. The maximum Gasteiger partial charge on any atom is 0.236 e. The van der Waals surface area contributed by atoms with Gasteiger partial charge in [-0.3, -0.25) is 9.69 Å². The van der Waals surface area contributed by atoms with Gasteiger partial charge in [0.25, 0.3) is 0 Å². The average Bonchev–Trinajstić information content (AvgIpc) is 2.73. The van der Waals surface area contributed by atoms with E-state index in [-0.39, 0.29) is 12.0 Å². The molecular formula is C11H19N3O2. The number of likely N-dealkylation sites (N-methyl/N-ethyl adjacent to an activating group) is 1. The van der Waals surface area contributed by atoms with Gasteiger partial charge >= 0.3 is 0 Å². The van der Waals surface area contributed by atoms with Crippen LogP contribution < -0.4 is 0 Å². The number of hydrogen-bond donors (Lipinski definition) is 0. The molecule has 1 amide bonds. The summed E-state index contributed by atoms with van der Waals surface area (Å²) in [7, 11) is 3.44. The first-order valence-electron chi connectivity index (χ1n) is 5.53. The van der Waals surface area contributed by atoms with E-state index in [9.17, 15) is 4.79 Å². The third-order valence-corrected chi connectivity index (χ3v) is 2.91. The van der Waals surface area contributed by atoms with Crippen molar-refractivity contribution in [3.8, 4) is 6.07 Å². The molecule has 1 unspecified atom stereocenters. The topological polar surface area (TPSA) is 56.6 Å². The summed E-state index contributed by atoms with van der Waals surface area (Å²) < 4.78 is 5.24. The molecule has 1 fully saturated rings. The van der Waals surface area contributed by atoms with Crippen LogP contribution in [0, 0.1) is 11.3 Å². The van der Waals surface area contributed by atoms with Gasteiger partial charge in [-0.25, -0.2) is 0 Å². The van der Waals surface area contributed by atoms with Crippen molar-refractivity contribution in [2.45, 2.75) is 18.9 Å². The molecule has 1 atom stereocenters. The highest BCUT2D eigenvalue weighted by atomic mass is 16.5.